The summed E-state index contributed by atoms with van der Waals surface area (Å²) in [4.78, 5) is 10.1. The molecule has 1 aromatic carbocycles. The van der Waals surface area contributed by atoms with Gasteiger partial charge in [0.15, 0.2) is 5.75 Å². The Kier molecular flexibility index (Phi) is 5.87. The van der Waals surface area contributed by atoms with Gasteiger partial charge in [0.25, 0.3) is 0 Å². The fourth-order valence-electron chi connectivity index (χ4n) is 1.63. The molecule has 0 spiro atoms. The van der Waals surface area contributed by atoms with E-state index in [1.165, 1.54) is 6.07 Å². The van der Waals surface area contributed by atoms with E-state index in [2.05, 4.69) is 11.4 Å². The summed E-state index contributed by atoms with van der Waals surface area (Å²) in [6.07, 6.45) is 0.378. The molecule has 1 atom stereocenters. The number of rotatable bonds is 7. The molecule has 1 rings (SSSR count). The molecule has 6 nitrogen and oxygen atoms in total. The van der Waals surface area contributed by atoms with Crippen molar-refractivity contribution in [1.82, 2.24) is 5.32 Å². The summed E-state index contributed by atoms with van der Waals surface area (Å²) in [6, 6.07) is 4.96. The van der Waals surface area contributed by atoms with Gasteiger partial charge in [-0.25, -0.2) is 4.39 Å². The molecule has 0 heterocycles. The number of ether oxygens (including phenoxy) is 1. The first-order valence-corrected chi connectivity index (χ1v) is 6.16. The van der Waals surface area contributed by atoms with E-state index in [-0.39, 0.29) is 18.4 Å². The number of halogens is 1. The zero-order chi connectivity index (χ0) is 15.1. The number of hydrogen-bond acceptors (Lipinski definition) is 5. The lowest BCUT2D eigenvalue weighted by Crippen LogP contribution is -2.34. The molecule has 0 bridgehead atoms. The van der Waals surface area contributed by atoms with Crippen molar-refractivity contribution >= 4 is 5.69 Å². The van der Waals surface area contributed by atoms with Crippen molar-refractivity contribution in [2.75, 3.05) is 6.61 Å². The molecule has 0 aliphatic carbocycles. The van der Waals surface area contributed by atoms with Gasteiger partial charge in [-0.1, -0.05) is 0 Å². The predicted octanol–water partition coefficient (Wildman–Crippen LogP) is 2.39. The van der Waals surface area contributed by atoms with Crippen molar-refractivity contribution in [3.8, 4) is 11.8 Å². The first-order valence-electron chi connectivity index (χ1n) is 6.16. The summed E-state index contributed by atoms with van der Waals surface area (Å²) < 4.78 is 18.2. The Bertz CT molecular complexity index is 514. The summed E-state index contributed by atoms with van der Waals surface area (Å²) in [6.45, 7) is 3.95. The minimum atomic E-state index is -0.702. The van der Waals surface area contributed by atoms with Crippen molar-refractivity contribution in [3.63, 3.8) is 0 Å². The molecule has 0 saturated heterocycles. The fourth-order valence-corrected chi connectivity index (χ4v) is 1.63. The maximum absolute atomic E-state index is 12.9. The van der Waals surface area contributed by atoms with E-state index < -0.39 is 22.5 Å². The highest BCUT2D eigenvalue weighted by Gasteiger charge is 2.17. The number of nitrogens with zero attached hydrogens (tertiary/aromatic N) is 2. The molecule has 108 valence electrons. The monoisotopic (exact) mass is 281 g/mol. The summed E-state index contributed by atoms with van der Waals surface area (Å²) in [5.41, 5.74) is -0.421. The van der Waals surface area contributed by atoms with Crippen LogP contribution < -0.4 is 10.1 Å². The van der Waals surface area contributed by atoms with Crippen LogP contribution in [0, 0.1) is 27.3 Å². The highest BCUT2D eigenvalue weighted by molar-refractivity contribution is 5.46. The van der Waals surface area contributed by atoms with Crippen LogP contribution >= 0.6 is 0 Å². The van der Waals surface area contributed by atoms with Gasteiger partial charge in [-0.2, -0.15) is 5.26 Å². The van der Waals surface area contributed by atoms with Crippen molar-refractivity contribution in [2.45, 2.75) is 32.4 Å². The second-order valence-electron chi connectivity index (χ2n) is 4.51. The molecular formula is C13H16FN3O3. The van der Waals surface area contributed by atoms with E-state index >= 15 is 0 Å². The molecule has 20 heavy (non-hydrogen) atoms. The number of nitriles is 1. The smallest absolute Gasteiger partial charge is 0.313 e. The number of hydrogen-bond donors (Lipinski definition) is 1. The fraction of sp³-hybridized carbons (Fsp3) is 0.462. The van der Waals surface area contributed by atoms with Gasteiger partial charge < -0.3 is 4.74 Å². The van der Waals surface area contributed by atoms with Gasteiger partial charge in [0.2, 0.25) is 0 Å². The van der Waals surface area contributed by atoms with E-state index in [1.807, 2.05) is 13.8 Å². The number of benzene rings is 1. The van der Waals surface area contributed by atoms with Crippen molar-refractivity contribution in [3.05, 3.63) is 34.1 Å². The normalized spacial score (nSPS) is 11.9. The maximum atomic E-state index is 12.9. The summed E-state index contributed by atoms with van der Waals surface area (Å²) in [7, 11) is 0. The number of nitrogens with one attached hydrogen (secondary N) is 1. The van der Waals surface area contributed by atoms with E-state index in [1.54, 1.807) is 0 Å². The lowest BCUT2D eigenvalue weighted by atomic mass is 10.2. The van der Waals surface area contributed by atoms with Gasteiger partial charge in [0.1, 0.15) is 5.82 Å². The summed E-state index contributed by atoms with van der Waals surface area (Å²) in [5.74, 6) is -0.696. The quantitative estimate of drug-likeness (QED) is 0.612. The third-order valence-electron chi connectivity index (χ3n) is 2.47. The molecule has 1 unspecified atom stereocenters. The largest absolute Gasteiger partial charge is 0.487 e. The van der Waals surface area contributed by atoms with E-state index in [4.69, 9.17) is 10.00 Å². The van der Waals surface area contributed by atoms with Crippen LogP contribution in [0.5, 0.6) is 5.75 Å². The van der Waals surface area contributed by atoms with E-state index in [0.29, 0.717) is 6.42 Å². The second kappa shape index (κ2) is 7.40. The van der Waals surface area contributed by atoms with E-state index in [9.17, 15) is 14.5 Å². The van der Waals surface area contributed by atoms with Gasteiger partial charge in [0.05, 0.1) is 29.7 Å². The van der Waals surface area contributed by atoms with Crippen molar-refractivity contribution in [1.29, 1.82) is 5.26 Å². The molecule has 7 heteroatoms. The Labute approximate surface area is 116 Å². The standard InChI is InChI=1S/C13H16FN3O3/c1-9(2)16-11(8-15)5-6-20-13-4-3-10(14)7-12(13)17(18)19/h3-4,7,9,11,16H,5-6H2,1-2H3. The van der Waals surface area contributed by atoms with Crippen LogP contribution in [0.1, 0.15) is 20.3 Å². The highest BCUT2D eigenvalue weighted by atomic mass is 19.1. The third-order valence-corrected chi connectivity index (χ3v) is 2.47. The van der Waals surface area contributed by atoms with Gasteiger partial charge >= 0.3 is 5.69 Å². The molecule has 0 aliphatic rings. The molecule has 0 fully saturated rings. The third kappa shape index (κ3) is 4.82. The Balaban J connectivity index is 2.62. The Morgan fingerprint density at radius 1 is 1.55 bits per heavy atom. The summed E-state index contributed by atoms with van der Waals surface area (Å²) in [5, 5.41) is 22.7. The Hall–Kier alpha value is -2.20. The summed E-state index contributed by atoms with van der Waals surface area (Å²) >= 11 is 0. The molecule has 0 aromatic heterocycles. The van der Waals surface area contributed by atoms with Crippen LogP contribution in [0.4, 0.5) is 10.1 Å². The van der Waals surface area contributed by atoms with Crippen LogP contribution in [-0.2, 0) is 0 Å². The highest BCUT2D eigenvalue weighted by Crippen LogP contribution is 2.27. The number of nitro benzene ring substituents is 1. The second-order valence-corrected chi connectivity index (χ2v) is 4.51. The molecule has 0 aliphatic heterocycles. The van der Waals surface area contributed by atoms with Crippen LogP contribution in [0.15, 0.2) is 18.2 Å². The molecule has 1 aromatic rings. The lowest BCUT2D eigenvalue weighted by Gasteiger charge is -2.14. The zero-order valence-corrected chi connectivity index (χ0v) is 11.3. The SMILES string of the molecule is CC(C)NC(C#N)CCOc1ccc(F)cc1[N+](=O)[O-]. The van der Waals surface area contributed by atoms with Crippen molar-refractivity contribution < 1.29 is 14.1 Å². The average Bonchev–Trinajstić information content (AvgIpc) is 2.38. The van der Waals surface area contributed by atoms with Gasteiger partial charge in [-0.05, 0) is 26.0 Å². The Morgan fingerprint density at radius 2 is 2.25 bits per heavy atom. The molecular weight excluding hydrogens is 265 g/mol. The van der Waals surface area contributed by atoms with Gasteiger partial charge in [-0.3, -0.25) is 15.4 Å². The average molecular weight is 281 g/mol. The minimum absolute atomic E-state index is 0.00219. The van der Waals surface area contributed by atoms with Gasteiger partial charge in [0, 0.05) is 12.5 Å². The molecule has 0 saturated carbocycles. The molecule has 0 radical (unpaired) electrons. The molecule has 0 amide bonds. The minimum Gasteiger partial charge on any atom is -0.487 e. The van der Waals surface area contributed by atoms with Gasteiger partial charge in [-0.15, -0.1) is 0 Å². The maximum Gasteiger partial charge on any atom is 0.313 e. The van der Waals surface area contributed by atoms with Crippen molar-refractivity contribution in [2.24, 2.45) is 0 Å². The van der Waals surface area contributed by atoms with Crippen LogP contribution in [0.25, 0.3) is 0 Å². The first kappa shape index (κ1) is 15.9. The first-order chi connectivity index (χ1) is 9.43. The van der Waals surface area contributed by atoms with Crippen LogP contribution in [-0.4, -0.2) is 23.6 Å². The van der Waals surface area contributed by atoms with Crippen LogP contribution in [0.2, 0.25) is 0 Å². The topological polar surface area (TPSA) is 88.2 Å². The predicted molar refractivity (Wildman–Crippen MR) is 70.8 cm³/mol. The number of nitro groups is 1. The van der Waals surface area contributed by atoms with E-state index in [0.717, 1.165) is 12.1 Å². The van der Waals surface area contributed by atoms with Crippen LogP contribution in [0.3, 0.4) is 0 Å². The Morgan fingerprint density at radius 3 is 2.80 bits per heavy atom. The lowest BCUT2D eigenvalue weighted by molar-refractivity contribution is -0.386. The molecule has 1 N–H and O–H groups in total. The zero-order valence-electron chi connectivity index (χ0n) is 11.3.